The molecule has 0 spiro atoms. The molecule has 0 aliphatic heterocycles. The first-order valence-corrected chi connectivity index (χ1v) is 12.8. The smallest absolute Gasteiger partial charge is 0.403 e. The SMILES string of the molecule is CCCCC1CCC(CCC2=CCc3c(ccc(-c4ccc(OC(F)(F)F)c(F)c4)c3F)C2)CC1. The van der Waals surface area contributed by atoms with Gasteiger partial charge in [0.1, 0.15) is 5.82 Å². The molecule has 1 nitrogen and oxygen atoms in total. The fourth-order valence-corrected chi connectivity index (χ4v) is 5.59. The summed E-state index contributed by atoms with van der Waals surface area (Å²) >= 11 is 0. The van der Waals surface area contributed by atoms with Gasteiger partial charge in [-0.15, -0.1) is 13.2 Å². The van der Waals surface area contributed by atoms with Crippen molar-refractivity contribution in [1.29, 1.82) is 0 Å². The lowest BCUT2D eigenvalue weighted by molar-refractivity contribution is -0.275. The molecule has 35 heavy (non-hydrogen) atoms. The van der Waals surface area contributed by atoms with Gasteiger partial charge in [0.2, 0.25) is 0 Å². The van der Waals surface area contributed by atoms with E-state index in [0.29, 0.717) is 18.4 Å². The van der Waals surface area contributed by atoms with Crippen LogP contribution in [0.2, 0.25) is 0 Å². The van der Waals surface area contributed by atoms with E-state index in [0.717, 1.165) is 36.0 Å². The summed E-state index contributed by atoms with van der Waals surface area (Å²) in [4.78, 5) is 0. The predicted octanol–water partition coefficient (Wildman–Crippen LogP) is 9.33. The molecule has 0 radical (unpaired) electrons. The molecule has 2 aromatic carbocycles. The number of rotatable bonds is 8. The van der Waals surface area contributed by atoms with Crippen LogP contribution in [-0.4, -0.2) is 6.36 Å². The van der Waals surface area contributed by atoms with Crippen LogP contribution in [0.1, 0.15) is 75.8 Å². The number of alkyl halides is 3. The predicted molar refractivity (Wildman–Crippen MR) is 128 cm³/mol. The van der Waals surface area contributed by atoms with E-state index in [1.807, 2.05) is 6.07 Å². The minimum absolute atomic E-state index is 0.179. The standard InChI is InChI=1S/C29H33F5O/c1-2-3-4-19-5-7-20(8-6-19)9-10-21-11-14-24-22(17-21)12-15-25(28(24)31)23-13-16-27(26(30)18-23)35-29(32,33)34/h11-13,15-16,18-20H,2-10,14,17H2,1H3. The van der Waals surface area contributed by atoms with Crippen molar-refractivity contribution in [2.45, 2.75) is 83.9 Å². The van der Waals surface area contributed by atoms with Crippen LogP contribution in [0.25, 0.3) is 11.1 Å². The van der Waals surface area contributed by atoms with Crippen LogP contribution in [0.15, 0.2) is 42.0 Å². The normalized spacial score (nSPS) is 20.3. The number of ether oxygens (including phenoxy) is 1. The van der Waals surface area contributed by atoms with Crippen LogP contribution in [0.4, 0.5) is 22.0 Å². The van der Waals surface area contributed by atoms with Gasteiger partial charge in [0.05, 0.1) is 0 Å². The Bertz CT molecular complexity index is 1050. The first kappa shape index (κ1) is 25.7. The molecule has 2 aromatic rings. The lowest BCUT2D eigenvalue weighted by Gasteiger charge is -2.29. The Kier molecular flexibility index (Phi) is 8.18. The third kappa shape index (κ3) is 6.65. The molecule has 0 bridgehead atoms. The van der Waals surface area contributed by atoms with E-state index in [4.69, 9.17) is 0 Å². The van der Waals surface area contributed by atoms with Crippen molar-refractivity contribution in [2.75, 3.05) is 0 Å². The fourth-order valence-electron chi connectivity index (χ4n) is 5.59. The minimum Gasteiger partial charge on any atom is -0.403 e. The maximum absolute atomic E-state index is 15.3. The lowest BCUT2D eigenvalue weighted by atomic mass is 9.77. The van der Waals surface area contributed by atoms with Gasteiger partial charge in [0, 0.05) is 5.56 Å². The van der Waals surface area contributed by atoms with E-state index in [1.54, 1.807) is 6.07 Å². The molecule has 0 amide bonds. The van der Waals surface area contributed by atoms with E-state index >= 15 is 4.39 Å². The highest BCUT2D eigenvalue weighted by Gasteiger charge is 2.32. The van der Waals surface area contributed by atoms with Crippen molar-refractivity contribution in [3.8, 4) is 16.9 Å². The summed E-state index contributed by atoms with van der Waals surface area (Å²) in [6.45, 7) is 2.25. The maximum Gasteiger partial charge on any atom is 0.573 e. The summed E-state index contributed by atoms with van der Waals surface area (Å²) in [5.74, 6) is -0.855. The van der Waals surface area contributed by atoms with Gasteiger partial charge in [0.15, 0.2) is 11.6 Å². The summed E-state index contributed by atoms with van der Waals surface area (Å²) in [6.07, 6.45) is 9.87. The van der Waals surface area contributed by atoms with Gasteiger partial charge in [0.25, 0.3) is 0 Å². The largest absolute Gasteiger partial charge is 0.573 e. The highest BCUT2D eigenvalue weighted by atomic mass is 19.4. The number of allylic oxidation sites excluding steroid dienone is 2. The zero-order chi connectivity index (χ0) is 25.0. The Morgan fingerprint density at radius 3 is 2.31 bits per heavy atom. The third-order valence-corrected chi connectivity index (χ3v) is 7.63. The van der Waals surface area contributed by atoms with Crippen molar-refractivity contribution in [2.24, 2.45) is 11.8 Å². The van der Waals surface area contributed by atoms with Crippen molar-refractivity contribution in [3.63, 3.8) is 0 Å². The zero-order valence-electron chi connectivity index (χ0n) is 20.2. The van der Waals surface area contributed by atoms with Crippen molar-refractivity contribution < 1.29 is 26.7 Å². The first-order chi connectivity index (χ1) is 16.7. The van der Waals surface area contributed by atoms with Crippen LogP contribution in [0, 0.1) is 23.5 Å². The van der Waals surface area contributed by atoms with Gasteiger partial charge in [-0.1, -0.05) is 81.7 Å². The Hall–Kier alpha value is -2.37. The van der Waals surface area contributed by atoms with Gasteiger partial charge >= 0.3 is 6.36 Å². The number of hydrogen-bond acceptors (Lipinski definition) is 1. The van der Waals surface area contributed by atoms with E-state index in [2.05, 4.69) is 17.7 Å². The second-order valence-corrected chi connectivity index (χ2v) is 10.1. The van der Waals surface area contributed by atoms with Crippen molar-refractivity contribution in [1.82, 2.24) is 0 Å². The van der Waals surface area contributed by atoms with Crippen molar-refractivity contribution in [3.05, 3.63) is 64.7 Å². The average Bonchev–Trinajstić information content (AvgIpc) is 2.83. The minimum atomic E-state index is -4.99. The second-order valence-electron chi connectivity index (χ2n) is 10.1. The van der Waals surface area contributed by atoms with Crippen LogP contribution in [0.5, 0.6) is 5.75 Å². The molecule has 1 fully saturated rings. The van der Waals surface area contributed by atoms with Crippen molar-refractivity contribution >= 4 is 0 Å². The first-order valence-electron chi connectivity index (χ1n) is 12.8. The Morgan fingerprint density at radius 2 is 1.66 bits per heavy atom. The Balaban J connectivity index is 1.37. The summed E-state index contributed by atoms with van der Waals surface area (Å²) in [6, 6.07) is 6.46. The highest BCUT2D eigenvalue weighted by molar-refractivity contribution is 5.67. The molecule has 6 heteroatoms. The maximum atomic E-state index is 15.3. The van der Waals surface area contributed by atoms with Gasteiger partial charge in [-0.25, -0.2) is 8.78 Å². The van der Waals surface area contributed by atoms with E-state index in [9.17, 15) is 17.6 Å². The van der Waals surface area contributed by atoms with Gasteiger partial charge in [-0.05, 0) is 66.3 Å². The third-order valence-electron chi connectivity index (χ3n) is 7.63. The monoisotopic (exact) mass is 492 g/mol. The topological polar surface area (TPSA) is 9.23 Å². The summed E-state index contributed by atoms with van der Waals surface area (Å²) in [5.41, 5.74) is 3.22. The zero-order valence-corrected chi connectivity index (χ0v) is 20.2. The number of fused-ring (bicyclic) bond motifs is 1. The lowest BCUT2D eigenvalue weighted by Crippen LogP contribution is -2.17. The molecule has 2 aliphatic rings. The molecule has 190 valence electrons. The quantitative estimate of drug-likeness (QED) is 0.263. The number of halogens is 5. The van der Waals surface area contributed by atoms with E-state index in [-0.39, 0.29) is 11.1 Å². The van der Waals surface area contributed by atoms with Gasteiger partial charge in [-0.3, -0.25) is 0 Å². The van der Waals surface area contributed by atoms with Crippen LogP contribution in [0.3, 0.4) is 0 Å². The highest BCUT2D eigenvalue weighted by Crippen LogP contribution is 2.37. The molecule has 2 aliphatic carbocycles. The second kappa shape index (κ2) is 11.1. The molecule has 0 aromatic heterocycles. The number of hydrogen-bond donors (Lipinski definition) is 0. The molecular formula is C29H33F5O. The molecule has 0 heterocycles. The Morgan fingerprint density at radius 1 is 0.943 bits per heavy atom. The summed E-state index contributed by atoms with van der Waals surface area (Å²) in [7, 11) is 0. The van der Waals surface area contributed by atoms with E-state index < -0.39 is 23.7 Å². The molecular weight excluding hydrogens is 459 g/mol. The van der Waals surface area contributed by atoms with Gasteiger partial charge in [-0.2, -0.15) is 0 Å². The summed E-state index contributed by atoms with van der Waals surface area (Å²) in [5, 5.41) is 0. The fraction of sp³-hybridized carbons (Fsp3) is 0.517. The molecule has 0 N–H and O–H groups in total. The molecule has 0 saturated heterocycles. The molecule has 0 atom stereocenters. The number of unbranched alkanes of at least 4 members (excludes halogenated alkanes) is 1. The molecule has 4 rings (SSSR count). The van der Waals surface area contributed by atoms with Gasteiger partial charge < -0.3 is 4.74 Å². The average molecular weight is 493 g/mol. The number of benzene rings is 2. The van der Waals surface area contributed by atoms with Crippen LogP contribution in [-0.2, 0) is 12.8 Å². The summed E-state index contributed by atoms with van der Waals surface area (Å²) < 4.78 is 70.3. The van der Waals surface area contributed by atoms with E-state index in [1.165, 1.54) is 63.0 Å². The Labute approximate surface area is 204 Å². The molecule has 1 saturated carbocycles. The van der Waals surface area contributed by atoms with Crippen LogP contribution >= 0.6 is 0 Å². The molecule has 0 unspecified atom stereocenters. The van der Waals surface area contributed by atoms with Crippen LogP contribution < -0.4 is 4.74 Å².